The van der Waals surface area contributed by atoms with Gasteiger partial charge in [-0.1, -0.05) is 18.2 Å². The molecular weight excluding hydrogens is 334 g/mol. The topological polar surface area (TPSA) is 85.3 Å². The minimum absolute atomic E-state index is 0.185. The molecule has 2 saturated heterocycles. The number of H-pyrrole nitrogens is 1. The first-order chi connectivity index (χ1) is 12.7. The van der Waals surface area contributed by atoms with Crippen molar-refractivity contribution in [2.45, 2.75) is 12.0 Å². The number of nitrogens with zero attached hydrogens (tertiary/aromatic N) is 4. The van der Waals surface area contributed by atoms with E-state index in [1.807, 2.05) is 30.3 Å². The summed E-state index contributed by atoms with van der Waals surface area (Å²) in [6.45, 7) is 3.20. The number of morpholine rings is 1. The number of hydrogen-bond donors (Lipinski definition) is 1. The van der Waals surface area contributed by atoms with Crippen LogP contribution in [0.15, 0.2) is 41.3 Å². The summed E-state index contributed by atoms with van der Waals surface area (Å²) < 4.78 is 13.2. The van der Waals surface area contributed by atoms with Gasteiger partial charge in [0.1, 0.15) is 11.0 Å². The molecule has 5 rings (SSSR count). The first kappa shape index (κ1) is 15.5. The smallest absolute Gasteiger partial charge is 0.263 e. The summed E-state index contributed by atoms with van der Waals surface area (Å²) in [5.74, 6) is 0.551. The molecule has 8 heteroatoms. The lowest BCUT2D eigenvalue weighted by Crippen LogP contribution is -2.53. The number of rotatable bonds is 2. The van der Waals surface area contributed by atoms with Crippen LogP contribution in [0.1, 0.15) is 6.42 Å². The SMILES string of the molecule is O=c1[nH]c(N2CCOC3(CCOC3)C2)nc2c1cnn2-c1ccccc1. The predicted molar refractivity (Wildman–Crippen MR) is 95.8 cm³/mol. The fraction of sp³-hybridized carbons (Fsp3) is 0.389. The maximum atomic E-state index is 12.6. The van der Waals surface area contributed by atoms with Gasteiger partial charge >= 0.3 is 0 Å². The molecule has 0 radical (unpaired) electrons. The molecule has 0 aliphatic carbocycles. The van der Waals surface area contributed by atoms with Gasteiger partial charge in [-0.15, -0.1) is 0 Å². The Kier molecular flexibility index (Phi) is 3.54. The highest BCUT2D eigenvalue weighted by Crippen LogP contribution is 2.29. The number of aromatic nitrogens is 4. The van der Waals surface area contributed by atoms with E-state index in [1.54, 1.807) is 10.9 Å². The molecule has 1 spiro atoms. The zero-order chi connectivity index (χ0) is 17.6. The van der Waals surface area contributed by atoms with Crippen molar-refractivity contribution in [3.8, 4) is 5.69 Å². The van der Waals surface area contributed by atoms with E-state index in [0.717, 1.165) is 12.1 Å². The van der Waals surface area contributed by atoms with Crippen LogP contribution >= 0.6 is 0 Å². The molecule has 26 heavy (non-hydrogen) atoms. The fourth-order valence-electron chi connectivity index (χ4n) is 3.67. The van der Waals surface area contributed by atoms with Crippen molar-refractivity contribution in [3.05, 3.63) is 46.9 Å². The van der Waals surface area contributed by atoms with Crippen LogP contribution in [0, 0.1) is 0 Å². The molecule has 2 aliphatic rings. The monoisotopic (exact) mass is 353 g/mol. The molecule has 1 aromatic carbocycles. The number of fused-ring (bicyclic) bond motifs is 1. The summed E-state index contributed by atoms with van der Waals surface area (Å²) in [5.41, 5.74) is 0.939. The summed E-state index contributed by atoms with van der Waals surface area (Å²) in [4.78, 5) is 22.3. The largest absolute Gasteiger partial charge is 0.378 e. The van der Waals surface area contributed by atoms with Gasteiger partial charge in [0.05, 0.1) is 31.6 Å². The van der Waals surface area contributed by atoms with E-state index < -0.39 is 0 Å². The van der Waals surface area contributed by atoms with Gasteiger partial charge in [0.15, 0.2) is 5.65 Å². The van der Waals surface area contributed by atoms with Gasteiger partial charge in [0.25, 0.3) is 5.56 Å². The number of hydrogen-bond acceptors (Lipinski definition) is 6. The Hall–Kier alpha value is -2.71. The predicted octanol–water partition coefficient (Wildman–Crippen LogP) is 1.10. The van der Waals surface area contributed by atoms with E-state index in [0.29, 0.717) is 49.9 Å². The summed E-state index contributed by atoms with van der Waals surface area (Å²) in [6, 6.07) is 9.69. The second kappa shape index (κ2) is 5.93. The van der Waals surface area contributed by atoms with Crippen molar-refractivity contribution >= 4 is 17.0 Å². The fourth-order valence-corrected chi connectivity index (χ4v) is 3.67. The van der Waals surface area contributed by atoms with Crippen LogP contribution in [-0.2, 0) is 9.47 Å². The lowest BCUT2D eigenvalue weighted by molar-refractivity contribution is -0.0583. The van der Waals surface area contributed by atoms with Crippen LogP contribution in [0.5, 0.6) is 0 Å². The Morgan fingerprint density at radius 2 is 2.08 bits per heavy atom. The van der Waals surface area contributed by atoms with Crippen LogP contribution in [0.3, 0.4) is 0 Å². The van der Waals surface area contributed by atoms with E-state index in [4.69, 9.17) is 14.5 Å². The van der Waals surface area contributed by atoms with Crippen molar-refractivity contribution in [2.75, 3.05) is 37.8 Å². The Morgan fingerprint density at radius 1 is 1.19 bits per heavy atom. The molecule has 1 unspecified atom stereocenters. The Balaban J connectivity index is 1.57. The summed E-state index contributed by atoms with van der Waals surface area (Å²) in [6.07, 6.45) is 2.42. The van der Waals surface area contributed by atoms with Gasteiger partial charge in [-0.25, -0.2) is 4.68 Å². The van der Waals surface area contributed by atoms with E-state index in [-0.39, 0.29) is 11.2 Å². The van der Waals surface area contributed by atoms with Crippen LogP contribution in [0.4, 0.5) is 5.95 Å². The molecule has 2 fully saturated rings. The number of ether oxygens (including phenoxy) is 2. The zero-order valence-electron chi connectivity index (χ0n) is 14.2. The summed E-state index contributed by atoms with van der Waals surface area (Å²) >= 11 is 0. The van der Waals surface area contributed by atoms with Crippen molar-refractivity contribution in [2.24, 2.45) is 0 Å². The molecule has 134 valence electrons. The third-order valence-electron chi connectivity index (χ3n) is 5.04. The highest BCUT2D eigenvalue weighted by molar-refractivity contribution is 5.76. The van der Waals surface area contributed by atoms with E-state index in [9.17, 15) is 4.79 Å². The molecule has 1 atom stereocenters. The van der Waals surface area contributed by atoms with E-state index >= 15 is 0 Å². The standard InChI is InChI=1S/C18H19N5O3/c24-16-14-10-19-23(13-4-2-1-3-5-13)15(14)20-17(21-16)22-7-9-26-18(11-22)6-8-25-12-18/h1-5,10H,6-9,11-12H2,(H,20,21,24). The number of para-hydroxylation sites is 1. The maximum Gasteiger partial charge on any atom is 0.263 e. The second-order valence-electron chi connectivity index (χ2n) is 6.77. The van der Waals surface area contributed by atoms with Crippen molar-refractivity contribution in [3.63, 3.8) is 0 Å². The molecule has 2 aliphatic heterocycles. The van der Waals surface area contributed by atoms with Crippen LogP contribution < -0.4 is 10.5 Å². The number of benzene rings is 1. The van der Waals surface area contributed by atoms with Gasteiger partial charge < -0.3 is 14.4 Å². The number of anilines is 1. The van der Waals surface area contributed by atoms with Crippen LogP contribution in [-0.4, -0.2) is 58.3 Å². The maximum absolute atomic E-state index is 12.6. The van der Waals surface area contributed by atoms with Crippen LogP contribution in [0.25, 0.3) is 16.7 Å². The normalized spacial score (nSPS) is 23.2. The zero-order valence-corrected chi connectivity index (χ0v) is 14.2. The summed E-state index contributed by atoms with van der Waals surface area (Å²) in [5, 5.41) is 4.83. The molecule has 0 saturated carbocycles. The van der Waals surface area contributed by atoms with Gasteiger partial charge in [-0.3, -0.25) is 9.78 Å². The quantitative estimate of drug-likeness (QED) is 0.743. The third-order valence-corrected chi connectivity index (χ3v) is 5.04. The van der Waals surface area contributed by atoms with Gasteiger partial charge in [0.2, 0.25) is 5.95 Å². The average molecular weight is 353 g/mol. The third kappa shape index (κ3) is 2.49. The first-order valence-corrected chi connectivity index (χ1v) is 8.74. The Morgan fingerprint density at radius 3 is 2.88 bits per heavy atom. The lowest BCUT2D eigenvalue weighted by atomic mass is 10.0. The van der Waals surface area contributed by atoms with Crippen molar-refractivity contribution in [1.29, 1.82) is 0 Å². The first-order valence-electron chi connectivity index (χ1n) is 8.74. The molecule has 4 heterocycles. The highest BCUT2D eigenvalue weighted by Gasteiger charge is 2.41. The minimum Gasteiger partial charge on any atom is -0.378 e. The molecule has 0 bridgehead atoms. The summed E-state index contributed by atoms with van der Waals surface area (Å²) in [7, 11) is 0. The van der Waals surface area contributed by atoms with Gasteiger partial charge in [0, 0.05) is 19.6 Å². The molecule has 2 aromatic heterocycles. The van der Waals surface area contributed by atoms with Crippen molar-refractivity contribution < 1.29 is 9.47 Å². The van der Waals surface area contributed by atoms with Gasteiger partial charge in [-0.2, -0.15) is 10.1 Å². The average Bonchev–Trinajstić information content (AvgIpc) is 3.30. The van der Waals surface area contributed by atoms with Crippen molar-refractivity contribution in [1.82, 2.24) is 19.7 Å². The van der Waals surface area contributed by atoms with E-state index in [2.05, 4.69) is 15.0 Å². The molecule has 8 nitrogen and oxygen atoms in total. The van der Waals surface area contributed by atoms with E-state index in [1.165, 1.54) is 0 Å². The lowest BCUT2D eigenvalue weighted by Gasteiger charge is -2.39. The molecule has 0 amide bonds. The minimum atomic E-state index is -0.300. The molecule has 3 aromatic rings. The van der Waals surface area contributed by atoms with Crippen LogP contribution in [0.2, 0.25) is 0 Å². The highest BCUT2D eigenvalue weighted by atomic mass is 16.6. The Labute approximate surface area is 149 Å². The molecule has 1 N–H and O–H groups in total. The Bertz CT molecular complexity index is 991. The molecular formula is C18H19N5O3. The second-order valence-corrected chi connectivity index (χ2v) is 6.77. The van der Waals surface area contributed by atoms with Gasteiger partial charge in [-0.05, 0) is 12.1 Å². The number of nitrogens with one attached hydrogen (secondary N) is 1. The number of aromatic amines is 1.